The molecule has 0 unspecified atom stereocenters. The third-order valence-corrected chi connectivity index (χ3v) is 3.96. The van der Waals surface area contributed by atoms with E-state index in [0.29, 0.717) is 12.3 Å². The van der Waals surface area contributed by atoms with Crippen LogP contribution >= 0.6 is 0 Å². The van der Waals surface area contributed by atoms with E-state index in [4.69, 9.17) is 10.5 Å². The standard InChI is InChI=1S/C14H21NO2/c1-17-13-6-5-11(16)9-12(13)14(10-15)7-3-2-4-8-14/h5-6,9,16H,2-4,7-8,10,15H2,1H3. The van der Waals surface area contributed by atoms with Crippen LogP contribution in [0.15, 0.2) is 18.2 Å². The fourth-order valence-electron chi connectivity index (χ4n) is 2.92. The van der Waals surface area contributed by atoms with E-state index < -0.39 is 0 Å². The summed E-state index contributed by atoms with van der Waals surface area (Å²) in [4.78, 5) is 0. The maximum absolute atomic E-state index is 9.68. The summed E-state index contributed by atoms with van der Waals surface area (Å²) in [6.45, 7) is 0.618. The number of nitrogens with two attached hydrogens (primary N) is 1. The molecule has 2 rings (SSSR count). The molecule has 1 fully saturated rings. The predicted molar refractivity (Wildman–Crippen MR) is 68.5 cm³/mol. The smallest absolute Gasteiger partial charge is 0.122 e. The van der Waals surface area contributed by atoms with Crippen molar-refractivity contribution in [2.75, 3.05) is 13.7 Å². The predicted octanol–water partition coefficient (Wildman–Crippen LogP) is 2.56. The second kappa shape index (κ2) is 4.96. The molecule has 0 saturated heterocycles. The zero-order valence-electron chi connectivity index (χ0n) is 10.4. The molecule has 0 aliphatic heterocycles. The molecule has 1 aromatic carbocycles. The number of phenolic OH excluding ortho intramolecular Hbond substituents is 1. The molecule has 1 aliphatic rings. The second-order valence-electron chi connectivity index (χ2n) is 4.93. The highest BCUT2D eigenvalue weighted by atomic mass is 16.5. The Hall–Kier alpha value is -1.22. The lowest BCUT2D eigenvalue weighted by atomic mass is 9.69. The van der Waals surface area contributed by atoms with E-state index in [1.165, 1.54) is 19.3 Å². The van der Waals surface area contributed by atoms with Crippen LogP contribution in [0.5, 0.6) is 11.5 Å². The molecule has 1 aliphatic carbocycles. The van der Waals surface area contributed by atoms with Gasteiger partial charge < -0.3 is 15.6 Å². The summed E-state index contributed by atoms with van der Waals surface area (Å²) in [6.07, 6.45) is 5.86. The van der Waals surface area contributed by atoms with Crippen molar-refractivity contribution in [1.82, 2.24) is 0 Å². The lowest BCUT2D eigenvalue weighted by Gasteiger charge is -2.37. The third kappa shape index (κ3) is 2.25. The van der Waals surface area contributed by atoms with Gasteiger partial charge in [-0.3, -0.25) is 0 Å². The topological polar surface area (TPSA) is 55.5 Å². The quantitative estimate of drug-likeness (QED) is 0.846. The SMILES string of the molecule is COc1ccc(O)cc1C1(CN)CCCCC1. The molecule has 0 radical (unpaired) electrons. The minimum atomic E-state index is -0.0116. The van der Waals surface area contributed by atoms with Crippen molar-refractivity contribution in [2.45, 2.75) is 37.5 Å². The van der Waals surface area contributed by atoms with Crippen molar-refractivity contribution in [3.8, 4) is 11.5 Å². The summed E-state index contributed by atoms with van der Waals surface area (Å²) in [7, 11) is 1.67. The molecule has 94 valence electrons. The van der Waals surface area contributed by atoms with Crippen LogP contribution in [0.25, 0.3) is 0 Å². The molecule has 0 atom stereocenters. The van der Waals surface area contributed by atoms with Crippen molar-refractivity contribution in [3.63, 3.8) is 0 Å². The summed E-state index contributed by atoms with van der Waals surface area (Å²) in [5, 5.41) is 9.68. The minimum Gasteiger partial charge on any atom is -0.508 e. The van der Waals surface area contributed by atoms with Gasteiger partial charge in [0, 0.05) is 17.5 Å². The second-order valence-corrected chi connectivity index (χ2v) is 4.93. The molecular weight excluding hydrogens is 214 g/mol. The first-order chi connectivity index (χ1) is 8.22. The average Bonchev–Trinajstić information content (AvgIpc) is 2.39. The number of hydrogen-bond donors (Lipinski definition) is 2. The van der Waals surface area contributed by atoms with Crippen LogP contribution in [-0.2, 0) is 5.41 Å². The lowest BCUT2D eigenvalue weighted by Crippen LogP contribution is -2.37. The first kappa shape index (κ1) is 12.2. The van der Waals surface area contributed by atoms with Gasteiger partial charge in [-0.2, -0.15) is 0 Å². The number of methoxy groups -OCH3 is 1. The van der Waals surface area contributed by atoms with Gasteiger partial charge in [0.25, 0.3) is 0 Å². The Balaban J connectivity index is 2.44. The van der Waals surface area contributed by atoms with E-state index in [2.05, 4.69) is 0 Å². The summed E-state index contributed by atoms with van der Waals surface area (Å²) >= 11 is 0. The van der Waals surface area contributed by atoms with Gasteiger partial charge in [-0.25, -0.2) is 0 Å². The highest BCUT2D eigenvalue weighted by Gasteiger charge is 2.35. The van der Waals surface area contributed by atoms with Gasteiger partial charge >= 0.3 is 0 Å². The summed E-state index contributed by atoms with van der Waals surface area (Å²) in [5.41, 5.74) is 7.07. The highest BCUT2D eigenvalue weighted by molar-refractivity contribution is 5.45. The van der Waals surface area contributed by atoms with Crippen LogP contribution in [0.3, 0.4) is 0 Å². The Bertz CT molecular complexity index is 384. The molecule has 0 heterocycles. The third-order valence-electron chi connectivity index (χ3n) is 3.96. The van der Waals surface area contributed by atoms with E-state index in [0.717, 1.165) is 24.2 Å². The van der Waals surface area contributed by atoms with Crippen molar-refractivity contribution >= 4 is 0 Å². The van der Waals surface area contributed by atoms with Crippen LogP contribution < -0.4 is 10.5 Å². The Morgan fingerprint density at radius 1 is 1.29 bits per heavy atom. The van der Waals surface area contributed by atoms with Gasteiger partial charge in [0.1, 0.15) is 11.5 Å². The Morgan fingerprint density at radius 2 is 2.00 bits per heavy atom. The largest absolute Gasteiger partial charge is 0.508 e. The van der Waals surface area contributed by atoms with E-state index in [-0.39, 0.29) is 5.41 Å². The van der Waals surface area contributed by atoms with Gasteiger partial charge in [-0.05, 0) is 31.0 Å². The maximum Gasteiger partial charge on any atom is 0.122 e. The van der Waals surface area contributed by atoms with Crippen LogP contribution in [0.2, 0.25) is 0 Å². The summed E-state index contributed by atoms with van der Waals surface area (Å²) in [6, 6.07) is 5.31. The molecule has 1 saturated carbocycles. The Kier molecular flexibility index (Phi) is 3.57. The van der Waals surface area contributed by atoms with Crippen LogP contribution in [0.4, 0.5) is 0 Å². The molecule has 1 aromatic rings. The van der Waals surface area contributed by atoms with Crippen molar-refractivity contribution in [3.05, 3.63) is 23.8 Å². The maximum atomic E-state index is 9.68. The molecule has 3 N–H and O–H groups in total. The first-order valence-corrected chi connectivity index (χ1v) is 6.29. The summed E-state index contributed by atoms with van der Waals surface area (Å²) < 4.78 is 5.41. The fraction of sp³-hybridized carbons (Fsp3) is 0.571. The Labute approximate surface area is 103 Å². The number of hydrogen-bond acceptors (Lipinski definition) is 3. The van der Waals surface area contributed by atoms with E-state index in [1.807, 2.05) is 12.1 Å². The number of aromatic hydroxyl groups is 1. The van der Waals surface area contributed by atoms with E-state index >= 15 is 0 Å². The normalized spacial score (nSPS) is 18.9. The number of phenols is 1. The molecule has 17 heavy (non-hydrogen) atoms. The van der Waals surface area contributed by atoms with Crippen molar-refractivity contribution in [2.24, 2.45) is 5.73 Å². The zero-order valence-corrected chi connectivity index (χ0v) is 10.4. The molecule has 0 amide bonds. The molecule has 0 aromatic heterocycles. The molecular formula is C14H21NO2. The highest BCUT2D eigenvalue weighted by Crippen LogP contribution is 2.43. The van der Waals surface area contributed by atoms with Gasteiger partial charge in [0.15, 0.2) is 0 Å². The van der Waals surface area contributed by atoms with E-state index in [1.54, 1.807) is 13.2 Å². The Morgan fingerprint density at radius 3 is 2.59 bits per heavy atom. The van der Waals surface area contributed by atoms with E-state index in [9.17, 15) is 5.11 Å². The first-order valence-electron chi connectivity index (χ1n) is 6.29. The minimum absolute atomic E-state index is 0.0116. The zero-order chi connectivity index (χ0) is 12.3. The number of benzene rings is 1. The average molecular weight is 235 g/mol. The summed E-state index contributed by atoms with van der Waals surface area (Å²) in [5.74, 6) is 1.13. The van der Waals surface area contributed by atoms with Crippen molar-refractivity contribution in [1.29, 1.82) is 0 Å². The van der Waals surface area contributed by atoms with Crippen LogP contribution in [0.1, 0.15) is 37.7 Å². The van der Waals surface area contributed by atoms with Gasteiger partial charge in [-0.15, -0.1) is 0 Å². The van der Waals surface area contributed by atoms with Gasteiger partial charge in [0.2, 0.25) is 0 Å². The fourth-order valence-corrected chi connectivity index (χ4v) is 2.92. The molecule has 3 heteroatoms. The van der Waals surface area contributed by atoms with Gasteiger partial charge in [0.05, 0.1) is 7.11 Å². The van der Waals surface area contributed by atoms with Crippen molar-refractivity contribution < 1.29 is 9.84 Å². The molecule has 0 bridgehead atoms. The number of ether oxygens (including phenoxy) is 1. The lowest BCUT2D eigenvalue weighted by molar-refractivity contribution is 0.286. The van der Waals surface area contributed by atoms with Crippen LogP contribution in [0, 0.1) is 0 Å². The van der Waals surface area contributed by atoms with Crippen LogP contribution in [-0.4, -0.2) is 18.8 Å². The molecule has 0 spiro atoms. The molecule has 3 nitrogen and oxygen atoms in total. The number of rotatable bonds is 3. The van der Waals surface area contributed by atoms with Gasteiger partial charge in [-0.1, -0.05) is 19.3 Å². The monoisotopic (exact) mass is 235 g/mol.